The number of nitrogens with two attached hydrogens (primary N) is 1. The predicted octanol–water partition coefficient (Wildman–Crippen LogP) is 3.20. The molecule has 3 N–H and O–H groups in total. The van der Waals surface area contributed by atoms with Gasteiger partial charge in [0.25, 0.3) is 5.69 Å². The summed E-state index contributed by atoms with van der Waals surface area (Å²) in [5, 5.41) is 13.5. The third-order valence-electron chi connectivity index (χ3n) is 3.83. The van der Waals surface area contributed by atoms with E-state index in [1.807, 2.05) is 0 Å². The minimum atomic E-state index is -0.475. The Morgan fingerprint density at radius 2 is 2.05 bits per heavy atom. The van der Waals surface area contributed by atoms with Gasteiger partial charge in [-0.15, -0.1) is 0 Å². The molecule has 1 aromatic carbocycles. The molecule has 0 spiro atoms. The van der Waals surface area contributed by atoms with Gasteiger partial charge in [-0.1, -0.05) is 19.3 Å². The lowest BCUT2D eigenvalue weighted by Gasteiger charge is -2.20. The minimum Gasteiger partial charge on any atom is -0.327 e. The number of rotatable bonds is 3. The number of non-ortho nitro benzene ring substituents is 1. The van der Waals surface area contributed by atoms with Crippen LogP contribution in [0.15, 0.2) is 22.7 Å². The van der Waals surface area contributed by atoms with Gasteiger partial charge >= 0.3 is 0 Å². The second-order valence-electron chi connectivity index (χ2n) is 5.32. The summed E-state index contributed by atoms with van der Waals surface area (Å²) >= 11 is 3.25. The van der Waals surface area contributed by atoms with Gasteiger partial charge < -0.3 is 11.1 Å². The summed E-state index contributed by atoms with van der Waals surface area (Å²) in [6, 6.07) is 4.16. The topological polar surface area (TPSA) is 98.3 Å². The number of nitrogens with zero attached hydrogens (tertiary/aromatic N) is 1. The van der Waals surface area contributed by atoms with Crippen molar-refractivity contribution in [1.29, 1.82) is 0 Å². The quantitative estimate of drug-likeness (QED) is 0.494. The number of benzene rings is 1. The molecule has 1 aliphatic carbocycles. The number of anilines is 1. The monoisotopic (exact) mass is 355 g/mol. The fourth-order valence-corrected chi connectivity index (χ4v) is 3.07. The average molecular weight is 356 g/mol. The highest BCUT2D eigenvalue weighted by Gasteiger charge is 2.27. The lowest BCUT2D eigenvalue weighted by atomic mass is 9.94. The van der Waals surface area contributed by atoms with Crippen LogP contribution >= 0.6 is 15.9 Å². The van der Waals surface area contributed by atoms with Crippen molar-refractivity contribution in [2.45, 2.75) is 38.1 Å². The molecule has 7 heteroatoms. The Hall–Kier alpha value is -1.47. The average Bonchev–Trinajstić information content (AvgIpc) is 2.65. The number of hydrogen-bond donors (Lipinski definition) is 2. The van der Waals surface area contributed by atoms with Gasteiger partial charge in [0.1, 0.15) is 0 Å². The molecule has 1 aromatic rings. The highest BCUT2D eigenvalue weighted by Crippen LogP contribution is 2.29. The first kappa shape index (κ1) is 15.9. The summed E-state index contributed by atoms with van der Waals surface area (Å²) < 4.78 is 0.493. The zero-order valence-corrected chi connectivity index (χ0v) is 13.1. The summed E-state index contributed by atoms with van der Waals surface area (Å²) in [5.74, 6) is -0.312. The first-order valence-electron chi connectivity index (χ1n) is 6.99. The van der Waals surface area contributed by atoms with Crippen LogP contribution in [0.1, 0.15) is 32.1 Å². The first-order valence-corrected chi connectivity index (χ1v) is 7.78. The van der Waals surface area contributed by atoms with Crippen molar-refractivity contribution in [2.24, 2.45) is 11.7 Å². The van der Waals surface area contributed by atoms with E-state index in [-0.39, 0.29) is 23.6 Å². The Labute approximate surface area is 131 Å². The number of nitro groups is 1. The van der Waals surface area contributed by atoms with E-state index in [0.717, 1.165) is 32.1 Å². The van der Waals surface area contributed by atoms with Gasteiger partial charge in [0, 0.05) is 22.6 Å². The summed E-state index contributed by atoms with van der Waals surface area (Å²) in [6.07, 6.45) is 4.83. The van der Waals surface area contributed by atoms with Crippen LogP contribution in [-0.4, -0.2) is 16.9 Å². The maximum atomic E-state index is 12.4. The number of nitro benzene ring substituents is 1. The van der Waals surface area contributed by atoms with Gasteiger partial charge in [-0.3, -0.25) is 14.9 Å². The van der Waals surface area contributed by atoms with Crippen molar-refractivity contribution in [2.75, 3.05) is 5.32 Å². The molecule has 0 saturated heterocycles. The zero-order valence-electron chi connectivity index (χ0n) is 11.5. The van der Waals surface area contributed by atoms with Crippen LogP contribution in [0.2, 0.25) is 0 Å². The molecule has 2 atom stereocenters. The fourth-order valence-electron chi connectivity index (χ4n) is 2.61. The van der Waals surface area contributed by atoms with Crippen LogP contribution in [-0.2, 0) is 4.79 Å². The molecule has 0 heterocycles. The second kappa shape index (κ2) is 7.00. The summed E-state index contributed by atoms with van der Waals surface area (Å²) in [5.41, 5.74) is 6.58. The van der Waals surface area contributed by atoms with Gasteiger partial charge in [0.15, 0.2) is 0 Å². The Kier molecular flexibility index (Phi) is 5.30. The molecule has 2 unspecified atom stereocenters. The van der Waals surface area contributed by atoms with Gasteiger partial charge in [-0.05, 0) is 34.8 Å². The Balaban J connectivity index is 2.10. The highest BCUT2D eigenvalue weighted by atomic mass is 79.9. The van der Waals surface area contributed by atoms with E-state index in [4.69, 9.17) is 5.73 Å². The van der Waals surface area contributed by atoms with Crippen LogP contribution in [0.4, 0.5) is 11.4 Å². The van der Waals surface area contributed by atoms with Gasteiger partial charge in [0.2, 0.25) is 5.91 Å². The minimum absolute atomic E-state index is 0.0222. The molecule has 6 nitrogen and oxygen atoms in total. The van der Waals surface area contributed by atoms with Gasteiger partial charge in [-0.25, -0.2) is 0 Å². The van der Waals surface area contributed by atoms with Crippen molar-refractivity contribution in [3.8, 4) is 0 Å². The second-order valence-corrected chi connectivity index (χ2v) is 6.17. The molecule has 0 aromatic heterocycles. The number of halogens is 1. The smallest absolute Gasteiger partial charge is 0.270 e. The highest BCUT2D eigenvalue weighted by molar-refractivity contribution is 9.10. The lowest BCUT2D eigenvalue weighted by molar-refractivity contribution is -0.384. The van der Waals surface area contributed by atoms with Crippen LogP contribution in [0, 0.1) is 16.0 Å². The Morgan fingerprint density at radius 1 is 1.33 bits per heavy atom. The van der Waals surface area contributed by atoms with Crippen molar-refractivity contribution in [3.63, 3.8) is 0 Å². The Morgan fingerprint density at radius 3 is 2.71 bits per heavy atom. The van der Waals surface area contributed by atoms with Crippen LogP contribution in [0.5, 0.6) is 0 Å². The van der Waals surface area contributed by atoms with E-state index in [0.29, 0.717) is 10.2 Å². The maximum Gasteiger partial charge on any atom is 0.270 e. The van der Waals surface area contributed by atoms with Gasteiger partial charge in [0.05, 0.1) is 16.5 Å². The van der Waals surface area contributed by atoms with Crippen LogP contribution in [0.3, 0.4) is 0 Å². The lowest BCUT2D eigenvalue weighted by Crippen LogP contribution is -2.37. The van der Waals surface area contributed by atoms with E-state index >= 15 is 0 Å². The van der Waals surface area contributed by atoms with E-state index in [1.165, 1.54) is 18.2 Å². The molecule has 1 saturated carbocycles. The standard InChI is InChI=1S/C14H18BrN3O3/c15-11-8-9(18(20)21)6-7-13(11)17-14(19)10-4-2-1-3-5-12(10)16/h6-8,10,12H,1-5,16H2,(H,17,19). The molecule has 0 aliphatic heterocycles. The molecule has 1 fully saturated rings. The zero-order chi connectivity index (χ0) is 15.4. The summed E-state index contributed by atoms with van der Waals surface area (Å²) in [6.45, 7) is 0. The SMILES string of the molecule is NC1CCCCCC1C(=O)Nc1ccc([N+](=O)[O-])cc1Br. The van der Waals surface area contributed by atoms with Crippen molar-refractivity contribution >= 4 is 33.2 Å². The predicted molar refractivity (Wildman–Crippen MR) is 84.0 cm³/mol. The molecule has 1 amide bonds. The number of carbonyl (C=O) groups excluding carboxylic acids is 1. The van der Waals surface area contributed by atoms with Crippen molar-refractivity contribution in [1.82, 2.24) is 0 Å². The summed E-state index contributed by atoms with van der Waals surface area (Å²) in [4.78, 5) is 22.6. The molecule has 21 heavy (non-hydrogen) atoms. The molecular formula is C14H18BrN3O3. The van der Waals surface area contributed by atoms with E-state index < -0.39 is 4.92 Å². The number of hydrogen-bond acceptors (Lipinski definition) is 4. The third-order valence-corrected chi connectivity index (χ3v) is 4.48. The third kappa shape index (κ3) is 4.01. The van der Waals surface area contributed by atoms with Crippen molar-refractivity contribution in [3.05, 3.63) is 32.8 Å². The Bertz CT molecular complexity index is 550. The van der Waals surface area contributed by atoms with E-state index in [2.05, 4.69) is 21.2 Å². The van der Waals surface area contributed by atoms with Crippen LogP contribution in [0.25, 0.3) is 0 Å². The maximum absolute atomic E-state index is 12.4. The molecule has 0 radical (unpaired) electrons. The largest absolute Gasteiger partial charge is 0.327 e. The number of amides is 1. The molecule has 1 aliphatic rings. The number of nitrogens with one attached hydrogen (secondary N) is 1. The molecule has 0 bridgehead atoms. The fraction of sp³-hybridized carbons (Fsp3) is 0.500. The number of carbonyl (C=O) groups is 1. The summed E-state index contributed by atoms with van der Waals surface area (Å²) in [7, 11) is 0. The van der Waals surface area contributed by atoms with E-state index in [1.54, 1.807) is 0 Å². The van der Waals surface area contributed by atoms with Gasteiger partial charge in [-0.2, -0.15) is 0 Å². The normalized spacial score (nSPS) is 22.4. The molecular weight excluding hydrogens is 338 g/mol. The van der Waals surface area contributed by atoms with E-state index in [9.17, 15) is 14.9 Å². The van der Waals surface area contributed by atoms with Crippen LogP contribution < -0.4 is 11.1 Å². The van der Waals surface area contributed by atoms with Crippen molar-refractivity contribution < 1.29 is 9.72 Å². The molecule has 114 valence electrons. The first-order chi connectivity index (χ1) is 9.99. The molecule has 2 rings (SSSR count).